The van der Waals surface area contributed by atoms with Crippen LogP contribution in [0.15, 0.2) is 59.5 Å². The average Bonchev–Trinajstić information content (AvgIpc) is 2.76. The van der Waals surface area contributed by atoms with Gasteiger partial charge in [-0.25, -0.2) is 35.9 Å². The fourth-order valence-corrected chi connectivity index (χ4v) is 5.70. The minimum absolute atomic E-state index is 0.0580. The van der Waals surface area contributed by atoms with Crippen LogP contribution in [0.4, 0.5) is 21.7 Å². The molecule has 1 aromatic heterocycles. The van der Waals surface area contributed by atoms with Crippen LogP contribution in [0.25, 0.3) is 0 Å². The number of sulfonamides is 2. The second-order valence-corrected chi connectivity index (χ2v) is 11.6. The van der Waals surface area contributed by atoms with Crippen LogP contribution in [-0.2, 0) is 24.8 Å². The van der Waals surface area contributed by atoms with Crippen molar-refractivity contribution in [2.75, 3.05) is 20.6 Å². The molecule has 0 radical (unpaired) electrons. The Kier molecular flexibility index (Phi) is 7.94. The topological polar surface area (TPSA) is 138 Å². The molecular weight excluding hydrogens is 509 g/mol. The van der Waals surface area contributed by atoms with Crippen LogP contribution in [-0.4, -0.2) is 45.0 Å². The number of benzene rings is 2. The molecule has 0 aliphatic rings. The van der Waals surface area contributed by atoms with Crippen molar-refractivity contribution in [1.82, 2.24) is 9.97 Å². The smallest absolute Gasteiger partial charge is 0.264 e. The standard InChI is InChI=1S/C23H26FN5O5S2/c1-5-21(29(35(4,31)32)19-10-6-17(24)7-11-19)22(30)27-18-8-12-20(13-9-18)36(33,34)28-23-25-15(2)14-16(3)26-23/h6-14,21H,5H2,1-4H3,(H,27,30)(H,25,26,28)/t21-/m1/s1. The van der Waals surface area contributed by atoms with E-state index in [0.717, 1.165) is 22.7 Å². The van der Waals surface area contributed by atoms with Gasteiger partial charge in [0.25, 0.3) is 10.0 Å². The number of hydrogen-bond acceptors (Lipinski definition) is 7. The van der Waals surface area contributed by atoms with Crippen LogP contribution in [0.3, 0.4) is 0 Å². The molecular formula is C23H26FN5O5S2. The molecule has 3 rings (SSSR count). The van der Waals surface area contributed by atoms with Crippen molar-refractivity contribution >= 4 is 43.3 Å². The molecule has 0 saturated heterocycles. The highest BCUT2D eigenvalue weighted by Crippen LogP contribution is 2.24. The molecule has 2 aromatic carbocycles. The first kappa shape index (κ1) is 27.0. The predicted octanol–water partition coefficient (Wildman–Crippen LogP) is 3.22. The largest absolute Gasteiger partial charge is 0.324 e. The van der Waals surface area contributed by atoms with Crippen molar-refractivity contribution in [3.63, 3.8) is 0 Å². The maximum absolute atomic E-state index is 13.3. The van der Waals surface area contributed by atoms with Crippen LogP contribution in [0.2, 0.25) is 0 Å². The molecule has 0 aliphatic heterocycles. The minimum atomic E-state index is -3.99. The van der Waals surface area contributed by atoms with Crippen molar-refractivity contribution in [1.29, 1.82) is 0 Å². The number of nitrogens with zero attached hydrogens (tertiary/aromatic N) is 3. The number of hydrogen-bond donors (Lipinski definition) is 2. The molecule has 0 saturated carbocycles. The molecule has 2 N–H and O–H groups in total. The third-order valence-corrected chi connectivity index (χ3v) is 7.57. The highest BCUT2D eigenvalue weighted by atomic mass is 32.2. The fourth-order valence-electron chi connectivity index (χ4n) is 3.54. The van der Waals surface area contributed by atoms with E-state index in [0.29, 0.717) is 11.4 Å². The predicted molar refractivity (Wildman–Crippen MR) is 135 cm³/mol. The van der Waals surface area contributed by atoms with Gasteiger partial charge in [0.2, 0.25) is 21.9 Å². The van der Waals surface area contributed by atoms with Gasteiger partial charge in [-0.1, -0.05) is 6.92 Å². The number of rotatable bonds is 9. The lowest BCUT2D eigenvalue weighted by Crippen LogP contribution is -2.47. The minimum Gasteiger partial charge on any atom is -0.324 e. The first-order chi connectivity index (χ1) is 16.8. The van der Waals surface area contributed by atoms with Gasteiger partial charge < -0.3 is 5.32 Å². The molecule has 1 heterocycles. The van der Waals surface area contributed by atoms with Gasteiger partial charge in [-0.15, -0.1) is 0 Å². The van der Waals surface area contributed by atoms with Crippen molar-refractivity contribution < 1.29 is 26.0 Å². The Morgan fingerprint density at radius 1 is 0.972 bits per heavy atom. The summed E-state index contributed by atoms with van der Waals surface area (Å²) in [6, 6.07) is 10.7. The van der Waals surface area contributed by atoms with E-state index in [1.165, 1.54) is 36.4 Å². The summed E-state index contributed by atoms with van der Waals surface area (Å²) in [7, 11) is -7.88. The molecule has 0 spiro atoms. The van der Waals surface area contributed by atoms with Gasteiger partial charge >= 0.3 is 0 Å². The third-order valence-electron chi connectivity index (χ3n) is 5.05. The van der Waals surface area contributed by atoms with Gasteiger partial charge in [-0.3, -0.25) is 9.10 Å². The molecule has 192 valence electrons. The molecule has 10 nitrogen and oxygen atoms in total. The lowest BCUT2D eigenvalue weighted by Gasteiger charge is -2.30. The summed E-state index contributed by atoms with van der Waals surface area (Å²) in [6.07, 6.45) is 1.08. The van der Waals surface area contributed by atoms with E-state index in [-0.39, 0.29) is 28.6 Å². The van der Waals surface area contributed by atoms with Crippen molar-refractivity contribution in [2.45, 2.75) is 38.1 Å². The molecule has 0 aliphatic carbocycles. The molecule has 1 atom stereocenters. The maximum Gasteiger partial charge on any atom is 0.264 e. The molecule has 36 heavy (non-hydrogen) atoms. The van der Waals surface area contributed by atoms with Gasteiger partial charge in [-0.05, 0) is 74.9 Å². The third kappa shape index (κ3) is 6.55. The summed E-state index contributed by atoms with van der Waals surface area (Å²) in [5.41, 5.74) is 1.61. The van der Waals surface area contributed by atoms with Crippen LogP contribution >= 0.6 is 0 Å². The number of carbonyl (C=O) groups is 1. The van der Waals surface area contributed by atoms with Gasteiger partial charge in [0, 0.05) is 17.1 Å². The van der Waals surface area contributed by atoms with Gasteiger partial charge in [-0.2, -0.15) is 0 Å². The number of anilines is 3. The maximum atomic E-state index is 13.3. The first-order valence-electron chi connectivity index (χ1n) is 10.8. The Morgan fingerprint density at radius 3 is 2.03 bits per heavy atom. The summed E-state index contributed by atoms with van der Waals surface area (Å²) < 4.78 is 67.0. The number of halogens is 1. The second kappa shape index (κ2) is 10.6. The quantitative estimate of drug-likeness (QED) is 0.429. The lowest BCUT2D eigenvalue weighted by molar-refractivity contribution is -0.117. The Labute approximate surface area is 209 Å². The van der Waals surface area contributed by atoms with Crippen LogP contribution in [0, 0.1) is 19.7 Å². The molecule has 0 unspecified atom stereocenters. The number of aromatic nitrogens is 2. The molecule has 1 amide bonds. The summed E-state index contributed by atoms with van der Waals surface area (Å²) in [6.45, 7) is 5.07. The monoisotopic (exact) mass is 535 g/mol. The Hall–Kier alpha value is -3.58. The lowest BCUT2D eigenvalue weighted by atomic mass is 10.2. The van der Waals surface area contributed by atoms with E-state index in [2.05, 4.69) is 20.0 Å². The van der Waals surface area contributed by atoms with Crippen LogP contribution in [0.5, 0.6) is 0 Å². The Bertz CT molecular complexity index is 1440. The number of aryl methyl sites for hydroxylation is 2. The zero-order chi connectivity index (χ0) is 26.7. The summed E-state index contributed by atoms with van der Waals surface area (Å²) in [4.78, 5) is 21.1. The van der Waals surface area contributed by atoms with E-state index in [4.69, 9.17) is 0 Å². The summed E-state index contributed by atoms with van der Waals surface area (Å²) in [5.74, 6) is -1.24. The summed E-state index contributed by atoms with van der Waals surface area (Å²) >= 11 is 0. The second-order valence-electron chi connectivity index (χ2n) is 8.05. The molecule has 13 heteroatoms. The SMILES string of the molecule is CC[C@H](C(=O)Nc1ccc(S(=O)(=O)Nc2nc(C)cc(C)n2)cc1)N(c1ccc(F)cc1)S(C)(=O)=O. The number of carbonyl (C=O) groups excluding carboxylic acids is 1. The van der Waals surface area contributed by atoms with E-state index >= 15 is 0 Å². The highest BCUT2D eigenvalue weighted by molar-refractivity contribution is 7.92. The molecule has 3 aromatic rings. The zero-order valence-electron chi connectivity index (χ0n) is 20.1. The molecule has 0 fully saturated rings. The fraction of sp³-hybridized carbons (Fsp3) is 0.261. The van der Waals surface area contributed by atoms with E-state index in [9.17, 15) is 26.0 Å². The van der Waals surface area contributed by atoms with Crippen molar-refractivity contribution in [3.8, 4) is 0 Å². The van der Waals surface area contributed by atoms with Gasteiger partial charge in [0.1, 0.15) is 11.9 Å². The van der Waals surface area contributed by atoms with Crippen LogP contribution in [0.1, 0.15) is 24.7 Å². The van der Waals surface area contributed by atoms with E-state index in [1.54, 1.807) is 26.8 Å². The summed E-state index contributed by atoms with van der Waals surface area (Å²) in [5, 5.41) is 2.61. The van der Waals surface area contributed by atoms with Gasteiger partial charge in [0.05, 0.1) is 16.8 Å². The molecule has 0 bridgehead atoms. The Morgan fingerprint density at radius 2 is 1.53 bits per heavy atom. The van der Waals surface area contributed by atoms with Crippen molar-refractivity contribution in [2.24, 2.45) is 0 Å². The average molecular weight is 536 g/mol. The van der Waals surface area contributed by atoms with E-state index < -0.39 is 37.8 Å². The Balaban J connectivity index is 1.80. The van der Waals surface area contributed by atoms with Gasteiger partial charge in [0.15, 0.2) is 0 Å². The van der Waals surface area contributed by atoms with Crippen LogP contribution < -0.4 is 14.3 Å². The van der Waals surface area contributed by atoms with E-state index in [1.807, 2.05) is 0 Å². The highest BCUT2D eigenvalue weighted by Gasteiger charge is 2.31. The van der Waals surface area contributed by atoms with Crippen molar-refractivity contribution in [3.05, 3.63) is 71.8 Å². The zero-order valence-corrected chi connectivity index (χ0v) is 21.7. The normalized spacial score (nSPS) is 12.6. The number of amides is 1. The first-order valence-corrected chi connectivity index (χ1v) is 14.1. The number of nitrogens with one attached hydrogen (secondary N) is 2.